The topological polar surface area (TPSA) is 160 Å². The van der Waals surface area contributed by atoms with Gasteiger partial charge in [-0.25, -0.2) is 4.79 Å². The van der Waals surface area contributed by atoms with Crippen molar-refractivity contribution in [2.45, 2.75) is 68.5 Å². The fourth-order valence-electron chi connectivity index (χ4n) is 5.53. The van der Waals surface area contributed by atoms with Crippen LogP contribution in [0.2, 0.25) is 0 Å². The van der Waals surface area contributed by atoms with Crippen LogP contribution in [-0.2, 0) is 25.7 Å². The van der Waals surface area contributed by atoms with E-state index < -0.39 is 12.3 Å². The molecule has 2 amide bonds. The van der Waals surface area contributed by atoms with Gasteiger partial charge in [0.05, 0.1) is 35.8 Å². The van der Waals surface area contributed by atoms with Gasteiger partial charge in [0.15, 0.2) is 6.29 Å². The number of anilines is 3. The van der Waals surface area contributed by atoms with Crippen molar-refractivity contribution in [2.75, 3.05) is 22.1 Å². The number of aromatic carboxylic acids is 1. The van der Waals surface area contributed by atoms with Crippen LogP contribution >= 0.6 is 11.8 Å². The van der Waals surface area contributed by atoms with E-state index in [1.165, 1.54) is 11.8 Å². The Labute approximate surface area is 290 Å². The van der Waals surface area contributed by atoms with Gasteiger partial charge in [-0.15, -0.1) is 11.8 Å². The van der Waals surface area contributed by atoms with E-state index in [-0.39, 0.29) is 36.2 Å². The zero-order chi connectivity index (χ0) is 34.6. The Balaban J connectivity index is 1.17. The highest BCUT2D eigenvalue weighted by Gasteiger charge is 2.32. The molecule has 6 N–H and O–H groups in total. The number of carboxylic acid groups (broad SMARTS) is 1. The molecule has 1 aliphatic rings. The SMILES string of the molecule is Nc1ccccc1NC(=O)CCCCCC(=O)Nc1cccc([C@H]2O[C@@H](CSc3ccccc3C(=O)O)C[C@@H](c3ccc(CO)cc3)O2)c1. The lowest BCUT2D eigenvalue weighted by atomic mass is 10.0. The molecule has 1 aliphatic heterocycles. The highest BCUT2D eigenvalue weighted by Crippen LogP contribution is 2.40. The molecule has 3 atom stereocenters. The van der Waals surface area contributed by atoms with Crippen molar-refractivity contribution in [1.82, 2.24) is 0 Å². The lowest BCUT2D eigenvalue weighted by Gasteiger charge is -2.36. The molecular weight excluding hydrogens is 642 g/mol. The van der Waals surface area contributed by atoms with Crippen LogP contribution in [0.25, 0.3) is 0 Å². The van der Waals surface area contributed by atoms with Gasteiger partial charge in [0.1, 0.15) is 0 Å². The number of hydrogen-bond acceptors (Lipinski definition) is 8. The molecule has 0 saturated carbocycles. The standard InChI is InChI=1S/C38H41N3O7S/c39-31-12-5-6-13-32(31)41-36(44)16-3-1-2-15-35(43)40-28-10-8-9-27(21-28)38-47-29(24-49-34-14-7-4-11-30(34)37(45)46)22-33(48-38)26-19-17-25(23-42)18-20-26/h4-14,17-21,29,33,38,42H,1-3,15-16,22-24,39H2,(H,40,43)(H,41,44)(H,45,46)/t29-,33+,38+/m1/s1. The highest BCUT2D eigenvalue weighted by molar-refractivity contribution is 7.99. The lowest BCUT2D eigenvalue weighted by Crippen LogP contribution is -2.31. The number of rotatable bonds is 15. The summed E-state index contributed by atoms with van der Waals surface area (Å²) in [6, 6.07) is 29.0. The minimum atomic E-state index is -0.980. The van der Waals surface area contributed by atoms with E-state index in [2.05, 4.69) is 10.6 Å². The number of ether oxygens (including phenoxy) is 2. The first-order valence-electron chi connectivity index (χ1n) is 16.3. The third-order valence-electron chi connectivity index (χ3n) is 8.14. The Morgan fingerprint density at radius 2 is 1.51 bits per heavy atom. The number of hydrogen-bond donors (Lipinski definition) is 5. The average Bonchev–Trinajstić information content (AvgIpc) is 3.11. The Bertz CT molecular complexity index is 1730. The Morgan fingerprint density at radius 1 is 0.796 bits per heavy atom. The van der Waals surface area contributed by atoms with Gasteiger partial charge in [0.2, 0.25) is 11.8 Å². The first kappa shape index (κ1) is 35.6. The van der Waals surface area contributed by atoms with Gasteiger partial charge in [-0.3, -0.25) is 9.59 Å². The highest BCUT2D eigenvalue weighted by atomic mass is 32.2. The second-order valence-electron chi connectivity index (χ2n) is 11.8. The van der Waals surface area contributed by atoms with Crippen LogP contribution in [0.1, 0.15) is 78.0 Å². The van der Waals surface area contributed by atoms with E-state index in [1.54, 1.807) is 30.3 Å². The largest absolute Gasteiger partial charge is 0.478 e. The molecule has 0 bridgehead atoms. The van der Waals surface area contributed by atoms with Gasteiger partial charge < -0.3 is 36.1 Å². The molecule has 1 saturated heterocycles. The number of amides is 2. The summed E-state index contributed by atoms with van der Waals surface area (Å²) in [7, 11) is 0. The lowest BCUT2D eigenvalue weighted by molar-refractivity contribution is -0.245. The smallest absolute Gasteiger partial charge is 0.336 e. The first-order chi connectivity index (χ1) is 23.8. The predicted molar refractivity (Wildman–Crippen MR) is 190 cm³/mol. The van der Waals surface area contributed by atoms with Gasteiger partial charge in [-0.2, -0.15) is 0 Å². The molecule has 10 nitrogen and oxygen atoms in total. The molecule has 1 heterocycles. The van der Waals surface area contributed by atoms with Crippen LogP contribution < -0.4 is 16.4 Å². The Morgan fingerprint density at radius 3 is 2.24 bits per heavy atom. The number of aliphatic hydroxyl groups is 1. The Hall–Kier alpha value is -4.68. The van der Waals surface area contributed by atoms with E-state index in [1.807, 2.05) is 66.7 Å². The van der Waals surface area contributed by atoms with E-state index in [4.69, 9.17) is 15.2 Å². The molecule has 11 heteroatoms. The summed E-state index contributed by atoms with van der Waals surface area (Å²) in [6.45, 7) is -0.0554. The van der Waals surface area contributed by atoms with E-state index >= 15 is 0 Å². The summed E-state index contributed by atoms with van der Waals surface area (Å²) in [6.07, 6.45) is 1.93. The van der Waals surface area contributed by atoms with Gasteiger partial charge in [-0.05, 0) is 60.4 Å². The third kappa shape index (κ3) is 10.4. The number of nitrogens with two attached hydrogens (primary N) is 1. The maximum atomic E-state index is 12.8. The van der Waals surface area contributed by atoms with Crippen LogP contribution in [-0.4, -0.2) is 39.9 Å². The number of nitrogens with one attached hydrogen (secondary N) is 2. The summed E-state index contributed by atoms with van der Waals surface area (Å²) in [5.41, 5.74) is 10.3. The Kier molecular flexibility index (Phi) is 12.8. The number of thioether (sulfide) groups is 1. The number of nitrogen functional groups attached to an aromatic ring is 1. The molecule has 1 fully saturated rings. The zero-order valence-corrected chi connectivity index (χ0v) is 27.9. The predicted octanol–water partition coefficient (Wildman–Crippen LogP) is 7.32. The van der Waals surface area contributed by atoms with Crippen LogP contribution in [0.4, 0.5) is 17.1 Å². The van der Waals surface area contributed by atoms with Crippen LogP contribution in [0.3, 0.4) is 0 Å². The first-order valence-corrected chi connectivity index (χ1v) is 17.3. The van der Waals surface area contributed by atoms with Crippen molar-refractivity contribution in [2.24, 2.45) is 0 Å². The van der Waals surface area contributed by atoms with Gasteiger partial charge in [0, 0.05) is 41.2 Å². The molecular formula is C38H41N3O7S. The number of carbonyl (C=O) groups is 3. The maximum absolute atomic E-state index is 12.8. The molecule has 0 unspecified atom stereocenters. The van der Waals surface area contributed by atoms with Gasteiger partial charge >= 0.3 is 5.97 Å². The minimum Gasteiger partial charge on any atom is -0.478 e. The molecule has 4 aromatic carbocycles. The number of benzene rings is 4. The van der Waals surface area contributed by atoms with Crippen LogP contribution in [0, 0.1) is 0 Å². The van der Waals surface area contributed by atoms with Crippen molar-refractivity contribution < 1.29 is 34.1 Å². The number of unbranched alkanes of at least 4 members (excludes halogenated alkanes) is 2. The fraction of sp³-hybridized carbons (Fsp3) is 0.289. The van der Waals surface area contributed by atoms with E-state index in [0.717, 1.165) is 23.1 Å². The van der Waals surface area contributed by atoms with Crippen LogP contribution in [0.5, 0.6) is 0 Å². The monoisotopic (exact) mass is 683 g/mol. The molecule has 0 aliphatic carbocycles. The third-order valence-corrected chi connectivity index (χ3v) is 9.35. The van der Waals surface area contributed by atoms with Gasteiger partial charge in [0.25, 0.3) is 0 Å². The quantitative estimate of drug-likeness (QED) is 0.0491. The van der Waals surface area contributed by atoms with Crippen LogP contribution in [0.15, 0.2) is 102 Å². The van der Waals surface area contributed by atoms with E-state index in [0.29, 0.717) is 59.8 Å². The number of aliphatic hydroxyl groups excluding tert-OH is 1. The average molecular weight is 684 g/mol. The number of carbonyl (C=O) groups excluding carboxylic acids is 2. The van der Waals surface area contributed by atoms with Crippen molar-refractivity contribution >= 4 is 46.6 Å². The normalized spacial score (nSPS) is 17.3. The summed E-state index contributed by atoms with van der Waals surface area (Å²) >= 11 is 1.43. The van der Waals surface area contributed by atoms with Gasteiger partial charge in [-0.1, -0.05) is 67.1 Å². The summed E-state index contributed by atoms with van der Waals surface area (Å²) < 4.78 is 12.9. The van der Waals surface area contributed by atoms with Crippen molar-refractivity contribution in [1.29, 1.82) is 0 Å². The molecule has 49 heavy (non-hydrogen) atoms. The molecule has 256 valence electrons. The second kappa shape index (κ2) is 17.6. The van der Waals surface area contributed by atoms with Crippen molar-refractivity contribution in [3.63, 3.8) is 0 Å². The fourth-order valence-corrected chi connectivity index (χ4v) is 6.60. The summed E-state index contributed by atoms with van der Waals surface area (Å²) in [4.78, 5) is 37.5. The van der Waals surface area contributed by atoms with Crippen molar-refractivity contribution in [3.05, 3.63) is 119 Å². The van der Waals surface area contributed by atoms with E-state index in [9.17, 15) is 24.6 Å². The molecule has 0 radical (unpaired) electrons. The molecule has 5 rings (SSSR count). The molecule has 4 aromatic rings. The molecule has 0 aromatic heterocycles. The number of para-hydroxylation sites is 2. The summed E-state index contributed by atoms with van der Waals surface area (Å²) in [5.74, 6) is -0.709. The number of carboxylic acids is 1. The zero-order valence-electron chi connectivity index (χ0n) is 27.0. The summed E-state index contributed by atoms with van der Waals surface area (Å²) in [5, 5.41) is 24.9. The van der Waals surface area contributed by atoms with Crippen molar-refractivity contribution in [3.8, 4) is 0 Å². The maximum Gasteiger partial charge on any atom is 0.336 e. The minimum absolute atomic E-state index is 0.0554. The molecule has 0 spiro atoms. The second-order valence-corrected chi connectivity index (χ2v) is 12.9.